The van der Waals surface area contributed by atoms with E-state index in [0.717, 1.165) is 12.0 Å². The minimum Gasteiger partial charge on any atom is -0.489 e. The lowest BCUT2D eigenvalue weighted by Gasteiger charge is -2.14. The van der Waals surface area contributed by atoms with E-state index in [-0.39, 0.29) is 12.4 Å². The highest BCUT2D eigenvalue weighted by Crippen LogP contribution is 2.40. The molecule has 88 valence electrons. The number of nitrogens with zero attached hydrogens (tertiary/aromatic N) is 1. The van der Waals surface area contributed by atoms with E-state index in [9.17, 15) is 0 Å². The number of rotatable bonds is 3. The molecule has 2 fully saturated rings. The molecule has 2 aliphatic rings. The van der Waals surface area contributed by atoms with Crippen LogP contribution in [0, 0.1) is 5.92 Å². The number of hydrogen-bond donors (Lipinski definition) is 1. The summed E-state index contributed by atoms with van der Waals surface area (Å²) in [6, 6.07) is 4.94. The molecule has 0 unspecified atom stereocenters. The molecule has 2 heterocycles. The zero-order valence-electron chi connectivity index (χ0n) is 8.73. The van der Waals surface area contributed by atoms with Crippen LogP contribution in [-0.2, 0) is 0 Å². The van der Waals surface area contributed by atoms with Crippen LogP contribution in [0.1, 0.15) is 12.8 Å². The van der Waals surface area contributed by atoms with Gasteiger partial charge >= 0.3 is 0 Å². The van der Waals surface area contributed by atoms with Gasteiger partial charge in [0.05, 0.1) is 0 Å². The second-order valence-electron chi connectivity index (χ2n) is 4.30. The predicted octanol–water partition coefficient (Wildman–Crippen LogP) is 2.29. The van der Waals surface area contributed by atoms with Crippen LogP contribution in [-0.4, -0.2) is 23.7 Å². The van der Waals surface area contributed by atoms with Gasteiger partial charge in [-0.3, -0.25) is 0 Å². The molecular weight excluding hydrogens is 247 g/mol. The monoisotopic (exact) mass is 260 g/mol. The molecule has 0 spiro atoms. The third-order valence-corrected chi connectivity index (χ3v) is 3.41. The Bertz CT molecular complexity index is 365. The van der Waals surface area contributed by atoms with E-state index in [1.54, 1.807) is 6.20 Å². The molecule has 0 bridgehead atoms. The van der Waals surface area contributed by atoms with Crippen LogP contribution >= 0.6 is 24.0 Å². The van der Waals surface area contributed by atoms with Crippen molar-refractivity contribution in [1.29, 1.82) is 0 Å². The normalized spacial score (nSPS) is 30.4. The number of piperidine rings is 1. The summed E-state index contributed by atoms with van der Waals surface area (Å²) in [6.07, 6.45) is 4.25. The first-order chi connectivity index (χ1) is 7.33. The molecule has 3 rings (SSSR count). The van der Waals surface area contributed by atoms with Crippen molar-refractivity contribution >= 4 is 24.0 Å². The smallest absolute Gasteiger partial charge is 0.171 e. The third-order valence-electron chi connectivity index (χ3n) is 3.12. The Morgan fingerprint density at radius 1 is 1.50 bits per heavy atom. The van der Waals surface area contributed by atoms with Crippen molar-refractivity contribution in [3.05, 3.63) is 23.5 Å². The van der Waals surface area contributed by atoms with Crippen molar-refractivity contribution in [1.82, 2.24) is 10.3 Å². The van der Waals surface area contributed by atoms with E-state index in [0.29, 0.717) is 23.6 Å². The van der Waals surface area contributed by atoms with Crippen LogP contribution in [0.5, 0.6) is 5.75 Å². The van der Waals surface area contributed by atoms with Gasteiger partial charge in [0.25, 0.3) is 0 Å². The molecule has 5 heteroatoms. The van der Waals surface area contributed by atoms with Crippen LogP contribution in [0.25, 0.3) is 0 Å². The number of aromatic nitrogens is 1. The first-order valence-electron chi connectivity index (χ1n) is 5.32. The average Bonchev–Trinajstić information content (AvgIpc) is 2.85. The molecule has 0 radical (unpaired) electrons. The fourth-order valence-corrected chi connectivity index (χ4v) is 2.41. The van der Waals surface area contributed by atoms with Gasteiger partial charge in [-0.25, -0.2) is 4.98 Å². The highest BCUT2D eigenvalue weighted by Gasteiger charge is 2.45. The number of hydrogen-bond acceptors (Lipinski definition) is 3. The van der Waals surface area contributed by atoms with Gasteiger partial charge in [-0.15, -0.1) is 12.4 Å². The quantitative estimate of drug-likeness (QED) is 0.847. The minimum atomic E-state index is 0. The highest BCUT2D eigenvalue weighted by molar-refractivity contribution is 6.30. The summed E-state index contributed by atoms with van der Waals surface area (Å²) >= 11 is 5.89. The molecule has 3 atom stereocenters. The van der Waals surface area contributed by atoms with E-state index in [2.05, 4.69) is 10.3 Å². The average molecular weight is 261 g/mol. The van der Waals surface area contributed by atoms with E-state index in [1.165, 1.54) is 12.8 Å². The summed E-state index contributed by atoms with van der Waals surface area (Å²) in [5.41, 5.74) is 0. The molecular formula is C11H14Cl2N2O. The minimum absolute atomic E-state index is 0. The molecule has 1 saturated carbocycles. The number of halogens is 2. The Morgan fingerprint density at radius 2 is 2.38 bits per heavy atom. The Hall–Kier alpha value is -0.510. The first-order valence-corrected chi connectivity index (χ1v) is 5.70. The Morgan fingerprint density at radius 3 is 3.06 bits per heavy atom. The summed E-state index contributed by atoms with van der Waals surface area (Å²) in [5.74, 6) is 1.59. The largest absolute Gasteiger partial charge is 0.489 e. The van der Waals surface area contributed by atoms with Gasteiger partial charge in [-0.1, -0.05) is 11.6 Å². The summed E-state index contributed by atoms with van der Waals surface area (Å²) < 4.78 is 5.63. The van der Waals surface area contributed by atoms with Crippen LogP contribution < -0.4 is 10.1 Å². The summed E-state index contributed by atoms with van der Waals surface area (Å²) in [5, 5.41) is 3.97. The Kier molecular flexibility index (Phi) is 3.57. The molecule has 1 aliphatic heterocycles. The van der Waals surface area contributed by atoms with Gasteiger partial charge in [-0.05, 0) is 30.9 Å². The number of fused-ring (bicyclic) bond motifs is 1. The molecule has 1 saturated heterocycles. The number of pyridine rings is 1. The second-order valence-corrected chi connectivity index (χ2v) is 4.66. The van der Waals surface area contributed by atoms with Crippen LogP contribution in [0.4, 0.5) is 0 Å². The second kappa shape index (κ2) is 4.78. The van der Waals surface area contributed by atoms with Gasteiger partial charge in [0, 0.05) is 18.3 Å². The summed E-state index contributed by atoms with van der Waals surface area (Å²) in [7, 11) is 0. The van der Waals surface area contributed by atoms with Crippen molar-refractivity contribution in [2.24, 2.45) is 5.92 Å². The Balaban J connectivity index is 0.000000963. The SMILES string of the molecule is Cl.Clc1ncccc1OC[C@@H]1C[C@H]2C[C@H]2N1. The van der Waals surface area contributed by atoms with Crippen molar-refractivity contribution in [3.8, 4) is 5.75 Å². The van der Waals surface area contributed by atoms with Crippen LogP contribution in [0.3, 0.4) is 0 Å². The van der Waals surface area contributed by atoms with Crippen molar-refractivity contribution in [2.75, 3.05) is 6.61 Å². The van der Waals surface area contributed by atoms with Crippen LogP contribution in [0.15, 0.2) is 18.3 Å². The van der Waals surface area contributed by atoms with E-state index in [1.807, 2.05) is 12.1 Å². The summed E-state index contributed by atoms with van der Waals surface area (Å²) in [4.78, 5) is 3.97. The van der Waals surface area contributed by atoms with Crippen molar-refractivity contribution in [2.45, 2.75) is 24.9 Å². The molecule has 3 nitrogen and oxygen atoms in total. The van der Waals surface area contributed by atoms with Gasteiger partial charge in [-0.2, -0.15) is 0 Å². The molecule has 0 aromatic carbocycles. The zero-order valence-corrected chi connectivity index (χ0v) is 10.3. The maximum absolute atomic E-state index is 5.89. The Labute approximate surface area is 106 Å². The number of nitrogens with one attached hydrogen (secondary N) is 1. The van der Waals surface area contributed by atoms with Gasteiger partial charge < -0.3 is 10.1 Å². The van der Waals surface area contributed by atoms with E-state index in [4.69, 9.17) is 16.3 Å². The van der Waals surface area contributed by atoms with Gasteiger partial charge in [0.15, 0.2) is 10.9 Å². The molecule has 1 N–H and O–H groups in total. The lowest BCUT2D eigenvalue weighted by Crippen LogP contribution is -2.31. The predicted molar refractivity (Wildman–Crippen MR) is 65.4 cm³/mol. The van der Waals surface area contributed by atoms with Crippen molar-refractivity contribution in [3.63, 3.8) is 0 Å². The fourth-order valence-electron chi connectivity index (χ4n) is 2.23. The third kappa shape index (κ3) is 2.42. The molecule has 16 heavy (non-hydrogen) atoms. The lowest BCUT2D eigenvalue weighted by atomic mass is 10.2. The molecule has 1 aromatic rings. The number of ether oxygens (including phenoxy) is 1. The standard InChI is InChI=1S/C11H13ClN2O.ClH/c12-11-10(2-1-3-13-11)15-6-8-4-7-5-9(7)14-8;/h1-3,7-9,14H,4-6H2;1H/t7-,8-,9+;/m0./s1. The zero-order chi connectivity index (χ0) is 10.3. The van der Waals surface area contributed by atoms with Gasteiger partial charge in [0.1, 0.15) is 6.61 Å². The van der Waals surface area contributed by atoms with E-state index >= 15 is 0 Å². The highest BCUT2D eigenvalue weighted by atomic mass is 35.5. The van der Waals surface area contributed by atoms with Gasteiger partial charge in [0.2, 0.25) is 0 Å². The maximum Gasteiger partial charge on any atom is 0.171 e. The lowest BCUT2D eigenvalue weighted by molar-refractivity contribution is 0.267. The molecule has 1 aromatic heterocycles. The fraction of sp³-hybridized carbons (Fsp3) is 0.545. The van der Waals surface area contributed by atoms with E-state index < -0.39 is 0 Å². The molecule has 0 amide bonds. The topological polar surface area (TPSA) is 34.1 Å². The van der Waals surface area contributed by atoms with Crippen LogP contribution in [0.2, 0.25) is 5.15 Å². The molecule has 1 aliphatic carbocycles. The first kappa shape index (κ1) is 12.0. The summed E-state index contributed by atoms with van der Waals surface area (Å²) in [6.45, 7) is 0.693. The van der Waals surface area contributed by atoms with Crippen molar-refractivity contribution < 1.29 is 4.74 Å². The maximum atomic E-state index is 5.89.